The molecule has 3 rings (SSSR count). The van der Waals surface area contributed by atoms with Crippen molar-refractivity contribution in [3.8, 4) is 11.5 Å². The Morgan fingerprint density at radius 3 is 2.95 bits per heavy atom. The van der Waals surface area contributed by atoms with Crippen molar-refractivity contribution in [1.82, 2.24) is 0 Å². The first kappa shape index (κ1) is 13.5. The Labute approximate surface area is 127 Å². The Hall–Kier alpha value is -1.48. The van der Waals surface area contributed by atoms with Crippen molar-refractivity contribution in [2.75, 3.05) is 6.61 Å². The first-order valence-corrected chi connectivity index (χ1v) is 7.57. The van der Waals surface area contributed by atoms with Gasteiger partial charge in [0.05, 0.1) is 6.61 Å². The molecular formula is C17H17BrO2. The van der Waals surface area contributed by atoms with Crippen LogP contribution in [0.25, 0.3) is 0 Å². The quantitative estimate of drug-likeness (QED) is 0.819. The number of benzene rings is 2. The van der Waals surface area contributed by atoms with Crippen LogP contribution >= 0.6 is 15.9 Å². The van der Waals surface area contributed by atoms with Crippen molar-refractivity contribution >= 4 is 15.9 Å². The fourth-order valence-electron chi connectivity index (χ4n) is 2.49. The van der Waals surface area contributed by atoms with Gasteiger partial charge >= 0.3 is 0 Å². The molecule has 0 spiro atoms. The molecule has 0 aliphatic carbocycles. The van der Waals surface area contributed by atoms with Gasteiger partial charge in [0, 0.05) is 16.5 Å². The zero-order chi connectivity index (χ0) is 14.1. The molecule has 104 valence electrons. The van der Waals surface area contributed by atoms with Crippen molar-refractivity contribution in [3.05, 3.63) is 57.1 Å². The van der Waals surface area contributed by atoms with Crippen LogP contribution in [0.1, 0.15) is 22.3 Å². The minimum atomic E-state index is 0.534. The normalized spacial score (nSPS) is 12.9. The molecule has 0 atom stereocenters. The Bertz CT molecular complexity index is 650. The lowest BCUT2D eigenvalue weighted by atomic mass is 10.1. The van der Waals surface area contributed by atoms with E-state index in [1.165, 1.54) is 16.7 Å². The van der Waals surface area contributed by atoms with Crippen LogP contribution in [0.3, 0.4) is 0 Å². The average molecular weight is 333 g/mol. The van der Waals surface area contributed by atoms with E-state index in [4.69, 9.17) is 9.47 Å². The third kappa shape index (κ3) is 2.55. The number of halogens is 1. The van der Waals surface area contributed by atoms with Crippen LogP contribution < -0.4 is 9.47 Å². The second kappa shape index (κ2) is 5.49. The Morgan fingerprint density at radius 2 is 2.10 bits per heavy atom. The van der Waals surface area contributed by atoms with Crippen LogP contribution in [0.5, 0.6) is 11.5 Å². The highest BCUT2D eigenvalue weighted by atomic mass is 79.9. The predicted molar refractivity (Wildman–Crippen MR) is 83.6 cm³/mol. The summed E-state index contributed by atoms with van der Waals surface area (Å²) in [5, 5.41) is 0. The van der Waals surface area contributed by atoms with Gasteiger partial charge in [-0.2, -0.15) is 0 Å². The molecule has 1 aliphatic heterocycles. The number of aryl methyl sites for hydroxylation is 1. The van der Waals surface area contributed by atoms with Crippen molar-refractivity contribution in [2.45, 2.75) is 26.9 Å². The number of rotatable bonds is 3. The molecule has 0 radical (unpaired) electrons. The van der Waals surface area contributed by atoms with Gasteiger partial charge in [0.25, 0.3) is 0 Å². The van der Waals surface area contributed by atoms with Gasteiger partial charge in [0.1, 0.15) is 18.1 Å². The molecule has 2 aromatic carbocycles. The molecule has 0 unspecified atom stereocenters. The van der Waals surface area contributed by atoms with Crippen LogP contribution in [0.4, 0.5) is 0 Å². The summed E-state index contributed by atoms with van der Waals surface area (Å²) in [6.45, 7) is 5.49. The zero-order valence-corrected chi connectivity index (χ0v) is 13.3. The summed E-state index contributed by atoms with van der Waals surface area (Å²) >= 11 is 3.56. The monoisotopic (exact) mass is 332 g/mol. The third-order valence-corrected chi connectivity index (χ3v) is 4.22. The molecule has 0 fully saturated rings. The molecule has 0 aromatic heterocycles. The molecule has 1 aliphatic rings. The second-order valence-electron chi connectivity index (χ2n) is 5.14. The lowest BCUT2D eigenvalue weighted by molar-refractivity contribution is 0.290. The van der Waals surface area contributed by atoms with Gasteiger partial charge in [-0.3, -0.25) is 0 Å². The van der Waals surface area contributed by atoms with Crippen molar-refractivity contribution in [3.63, 3.8) is 0 Å². The summed E-state index contributed by atoms with van der Waals surface area (Å²) in [4.78, 5) is 0. The van der Waals surface area contributed by atoms with Crippen LogP contribution in [0, 0.1) is 13.8 Å². The Morgan fingerprint density at radius 1 is 1.25 bits per heavy atom. The highest BCUT2D eigenvalue weighted by Gasteiger charge is 2.18. The summed E-state index contributed by atoms with van der Waals surface area (Å²) in [7, 11) is 0. The highest BCUT2D eigenvalue weighted by molar-refractivity contribution is 9.10. The van der Waals surface area contributed by atoms with E-state index in [2.05, 4.69) is 48.0 Å². The summed E-state index contributed by atoms with van der Waals surface area (Å²) in [5.41, 5.74) is 4.81. The number of hydrogen-bond donors (Lipinski definition) is 0. The lowest BCUT2D eigenvalue weighted by Crippen LogP contribution is -2.00. The molecule has 0 amide bonds. The fourth-order valence-corrected chi connectivity index (χ4v) is 3.04. The van der Waals surface area contributed by atoms with Gasteiger partial charge in [-0.1, -0.05) is 28.1 Å². The third-order valence-electron chi connectivity index (χ3n) is 3.76. The molecule has 1 heterocycles. The maximum Gasteiger partial charge on any atom is 0.129 e. The highest BCUT2D eigenvalue weighted by Crippen LogP contribution is 2.34. The van der Waals surface area contributed by atoms with Crippen molar-refractivity contribution in [1.29, 1.82) is 0 Å². The Balaban J connectivity index is 1.84. The topological polar surface area (TPSA) is 18.5 Å². The van der Waals surface area contributed by atoms with E-state index in [9.17, 15) is 0 Å². The standard InChI is InChI=1S/C17H17BrO2/c1-11-4-3-5-16(12(11)2)20-10-14-9-15(18)8-13-6-7-19-17(13)14/h3-5,8-9H,6-7,10H2,1-2H3. The number of hydrogen-bond acceptors (Lipinski definition) is 2. The van der Waals surface area contributed by atoms with Gasteiger partial charge in [-0.25, -0.2) is 0 Å². The van der Waals surface area contributed by atoms with Crippen LogP contribution in [0.2, 0.25) is 0 Å². The molecule has 2 nitrogen and oxygen atoms in total. The molecule has 0 saturated heterocycles. The molecule has 20 heavy (non-hydrogen) atoms. The summed E-state index contributed by atoms with van der Waals surface area (Å²) < 4.78 is 12.8. The molecule has 0 bridgehead atoms. The Kier molecular flexibility index (Phi) is 3.70. The first-order chi connectivity index (χ1) is 9.65. The first-order valence-electron chi connectivity index (χ1n) is 6.78. The van der Waals surface area contributed by atoms with E-state index in [1.54, 1.807) is 0 Å². The van der Waals surface area contributed by atoms with Crippen LogP contribution in [0.15, 0.2) is 34.8 Å². The zero-order valence-electron chi connectivity index (χ0n) is 11.7. The van der Waals surface area contributed by atoms with E-state index in [0.717, 1.165) is 34.6 Å². The summed E-state index contributed by atoms with van der Waals surface area (Å²) in [6.07, 6.45) is 0.977. The largest absolute Gasteiger partial charge is 0.493 e. The van der Waals surface area contributed by atoms with E-state index in [1.807, 2.05) is 12.1 Å². The van der Waals surface area contributed by atoms with E-state index in [0.29, 0.717) is 6.61 Å². The summed E-state index contributed by atoms with van der Waals surface area (Å²) in [6, 6.07) is 10.3. The minimum absolute atomic E-state index is 0.534. The number of ether oxygens (including phenoxy) is 2. The van der Waals surface area contributed by atoms with E-state index in [-0.39, 0.29) is 0 Å². The van der Waals surface area contributed by atoms with Gasteiger partial charge in [0.2, 0.25) is 0 Å². The van der Waals surface area contributed by atoms with E-state index >= 15 is 0 Å². The molecular weight excluding hydrogens is 316 g/mol. The minimum Gasteiger partial charge on any atom is -0.493 e. The van der Waals surface area contributed by atoms with E-state index < -0.39 is 0 Å². The lowest BCUT2D eigenvalue weighted by Gasteiger charge is -2.13. The fraction of sp³-hybridized carbons (Fsp3) is 0.294. The average Bonchev–Trinajstić information content (AvgIpc) is 2.88. The maximum atomic E-state index is 5.98. The SMILES string of the molecule is Cc1cccc(OCc2cc(Br)cc3c2OCC3)c1C. The van der Waals surface area contributed by atoms with Gasteiger partial charge in [0.15, 0.2) is 0 Å². The molecule has 3 heteroatoms. The number of fused-ring (bicyclic) bond motifs is 1. The van der Waals surface area contributed by atoms with Crippen molar-refractivity contribution in [2.24, 2.45) is 0 Å². The second-order valence-corrected chi connectivity index (χ2v) is 6.05. The molecule has 0 saturated carbocycles. The van der Waals surface area contributed by atoms with Gasteiger partial charge in [-0.05, 0) is 48.7 Å². The maximum absolute atomic E-state index is 5.98. The van der Waals surface area contributed by atoms with Crippen LogP contribution in [-0.2, 0) is 13.0 Å². The molecule has 2 aromatic rings. The van der Waals surface area contributed by atoms with Gasteiger partial charge in [-0.15, -0.1) is 0 Å². The van der Waals surface area contributed by atoms with Crippen molar-refractivity contribution < 1.29 is 9.47 Å². The predicted octanol–water partition coefficient (Wildman–Crippen LogP) is 4.58. The summed E-state index contributed by atoms with van der Waals surface area (Å²) in [5.74, 6) is 1.94. The molecule has 0 N–H and O–H groups in total. The van der Waals surface area contributed by atoms with Gasteiger partial charge < -0.3 is 9.47 Å². The smallest absolute Gasteiger partial charge is 0.129 e. The van der Waals surface area contributed by atoms with Crippen LogP contribution in [-0.4, -0.2) is 6.61 Å².